The van der Waals surface area contributed by atoms with Gasteiger partial charge in [-0.1, -0.05) is 13.3 Å². The summed E-state index contributed by atoms with van der Waals surface area (Å²) >= 11 is 0. The number of aryl methyl sites for hydroxylation is 2. The summed E-state index contributed by atoms with van der Waals surface area (Å²) in [4.78, 5) is 8.23. The monoisotopic (exact) mass is 261 g/mol. The number of aromatic nitrogens is 2. The molecule has 0 spiro atoms. The van der Waals surface area contributed by atoms with Crippen LogP contribution in [0, 0.1) is 0 Å². The van der Waals surface area contributed by atoms with Crippen LogP contribution in [-0.2, 0) is 19.4 Å². The standard InChI is InChI=1S/C12H18F3N3/c1-3-4-10-9(7-16-2)8-17-11(18-10)5-6-12(13,14)15/h8,16H,3-7H2,1-2H3. The quantitative estimate of drug-likeness (QED) is 0.855. The molecule has 1 aromatic rings. The molecule has 6 heteroatoms. The molecular weight excluding hydrogens is 243 g/mol. The highest BCUT2D eigenvalue weighted by atomic mass is 19.4. The van der Waals surface area contributed by atoms with E-state index in [1.165, 1.54) is 0 Å². The number of alkyl halides is 3. The van der Waals surface area contributed by atoms with Gasteiger partial charge in [0.2, 0.25) is 0 Å². The van der Waals surface area contributed by atoms with Gasteiger partial charge in [-0.3, -0.25) is 0 Å². The molecular formula is C12H18F3N3. The van der Waals surface area contributed by atoms with Gasteiger partial charge in [-0.05, 0) is 13.5 Å². The van der Waals surface area contributed by atoms with Gasteiger partial charge in [-0.2, -0.15) is 13.2 Å². The van der Waals surface area contributed by atoms with Crippen LogP contribution in [0.1, 0.15) is 36.8 Å². The minimum Gasteiger partial charge on any atom is -0.316 e. The molecule has 0 aliphatic rings. The molecule has 3 nitrogen and oxygen atoms in total. The first-order valence-electron chi connectivity index (χ1n) is 6.01. The maximum absolute atomic E-state index is 12.1. The molecule has 0 amide bonds. The molecule has 1 heterocycles. The van der Waals surface area contributed by atoms with Gasteiger partial charge in [0.05, 0.1) is 6.42 Å². The van der Waals surface area contributed by atoms with E-state index < -0.39 is 12.6 Å². The van der Waals surface area contributed by atoms with Crippen LogP contribution in [0.15, 0.2) is 6.20 Å². The summed E-state index contributed by atoms with van der Waals surface area (Å²) < 4.78 is 36.4. The fraction of sp³-hybridized carbons (Fsp3) is 0.667. The molecule has 0 saturated heterocycles. The Morgan fingerprint density at radius 3 is 2.56 bits per heavy atom. The van der Waals surface area contributed by atoms with Crippen molar-refractivity contribution in [1.82, 2.24) is 15.3 Å². The highest BCUT2D eigenvalue weighted by Crippen LogP contribution is 2.21. The van der Waals surface area contributed by atoms with Crippen LogP contribution in [-0.4, -0.2) is 23.2 Å². The molecule has 102 valence electrons. The van der Waals surface area contributed by atoms with Crippen molar-refractivity contribution in [3.8, 4) is 0 Å². The van der Waals surface area contributed by atoms with Crippen LogP contribution in [0.5, 0.6) is 0 Å². The fourth-order valence-corrected chi connectivity index (χ4v) is 1.65. The Morgan fingerprint density at radius 2 is 2.00 bits per heavy atom. The number of nitrogens with one attached hydrogen (secondary N) is 1. The summed E-state index contributed by atoms with van der Waals surface area (Å²) in [6, 6.07) is 0. The van der Waals surface area contributed by atoms with E-state index in [1.807, 2.05) is 14.0 Å². The van der Waals surface area contributed by atoms with E-state index in [0.717, 1.165) is 24.1 Å². The second-order valence-corrected chi connectivity index (χ2v) is 4.15. The third kappa shape index (κ3) is 5.00. The van der Waals surface area contributed by atoms with Gasteiger partial charge in [0.25, 0.3) is 0 Å². The number of rotatable bonds is 6. The summed E-state index contributed by atoms with van der Waals surface area (Å²) in [6.45, 7) is 2.65. The summed E-state index contributed by atoms with van der Waals surface area (Å²) in [7, 11) is 1.81. The molecule has 0 bridgehead atoms. The third-order valence-corrected chi connectivity index (χ3v) is 2.49. The van der Waals surface area contributed by atoms with Crippen molar-refractivity contribution >= 4 is 0 Å². The minimum absolute atomic E-state index is 0.153. The highest BCUT2D eigenvalue weighted by molar-refractivity contribution is 5.18. The molecule has 0 fully saturated rings. The first kappa shape index (κ1) is 14.9. The van der Waals surface area contributed by atoms with Gasteiger partial charge in [-0.25, -0.2) is 9.97 Å². The molecule has 0 saturated carbocycles. The predicted octanol–water partition coefficient (Wildman–Crippen LogP) is 2.64. The average molecular weight is 261 g/mol. The molecule has 1 N–H and O–H groups in total. The molecule has 1 rings (SSSR count). The molecule has 0 aromatic carbocycles. The molecule has 0 aliphatic carbocycles. The van der Waals surface area contributed by atoms with Gasteiger partial charge in [-0.15, -0.1) is 0 Å². The van der Waals surface area contributed by atoms with E-state index in [2.05, 4.69) is 15.3 Å². The van der Waals surface area contributed by atoms with E-state index in [9.17, 15) is 13.2 Å². The Labute approximate surface area is 105 Å². The van der Waals surface area contributed by atoms with Crippen LogP contribution in [0.4, 0.5) is 13.2 Å². The van der Waals surface area contributed by atoms with Crippen molar-refractivity contribution in [1.29, 1.82) is 0 Å². The summed E-state index contributed by atoms with van der Waals surface area (Å²) in [5.41, 5.74) is 1.80. The van der Waals surface area contributed by atoms with Crippen molar-refractivity contribution in [3.05, 3.63) is 23.3 Å². The average Bonchev–Trinajstić information content (AvgIpc) is 2.29. The maximum Gasteiger partial charge on any atom is 0.389 e. The Balaban J connectivity index is 2.79. The fourth-order valence-electron chi connectivity index (χ4n) is 1.65. The molecule has 0 aliphatic heterocycles. The lowest BCUT2D eigenvalue weighted by atomic mass is 10.1. The van der Waals surface area contributed by atoms with E-state index in [-0.39, 0.29) is 12.2 Å². The van der Waals surface area contributed by atoms with E-state index >= 15 is 0 Å². The Kier molecular flexibility index (Phi) is 5.53. The second-order valence-electron chi connectivity index (χ2n) is 4.15. The van der Waals surface area contributed by atoms with Crippen LogP contribution >= 0.6 is 0 Å². The van der Waals surface area contributed by atoms with Gasteiger partial charge in [0, 0.05) is 30.4 Å². The number of hydrogen-bond acceptors (Lipinski definition) is 3. The van der Waals surface area contributed by atoms with Crippen molar-refractivity contribution in [3.63, 3.8) is 0 Å². The van der Waals surface area contributed by atoms with Gasteiger partial charge in [0.15, 0.2) is 0 Å². The van der Waals surface area contributed by atoms with E-state index in [0.29, 0.717) is 6.54 Å². The van der Waals surface area contributed by atoms with Crippen molar-refractivity contribution in [2.24, 2.45) is 0 Å². The molecule has 0 atom stereocenters. The first-order valence-corrected chi connectivity index (χ1v) is 6.01. The summed E-state index contributed by atoms with van der Waals surface area (Å²) in [5.74, 6) is 0.274. The topological polar surface area (TPSA) is 37.8 Å². The van der Waals surface area contributed by atoms with Crippen LogP contribution in [0.2, 0.25) is 0 Å². The highest BCUT2D eigenvalue weighted by Gasteiger charge is 2.27. The predicted molar refractivity (Wildman–Crippen MR) is 63.2 cm³/mol. The lowest BCUT2D eigenvalue weighted by molar-refractivity contribution is -0.134. The van der Waals surface area contributed by atoms with Gasteiger partial charge >= 0.3 is 6.18 Å². The zero-order valence-electron chi connectivity index (χ0n) is 10.6. The van der Waals surface area contributed by atoms with Crippen molar-refractivity contribution in [2.45, 2.75) is 45.3 Å². The molecule has 0 radical (unpaired) electrons. The lowest BCUT2D eigenvalue weighted by Crippen LogP contribution is -2.14. The minimum atomic E-state index is -4.15. The SMILES string of the molecule is CCCc1nc(CCC(F)(F)F)ncc1CNC. The number of hydrogen-bond donors (Lipinski definition) is 1. The number of halogens is 3. The maximum atomic E-state index is 12.1. The largest absolute Gasteiger partial charge is 0.389 e. The first-order chi connectivity index (χ1) is 8.46. The second kappa shape index (κ2) is 6.68. The molecule has 0 unspecified atom stereocenters. The van der Waals surface area contributed by atoms with E-state index in [4.69, 9.17) is 0 Å². The smallest absolute Gasteiger partial charge is 0.316 e. The third-order valence-electron chi connectivity index (χ3n) is 2.49. The summed E-state index contributed by atoms with van der Waals surface area (Å²) in [6.07, 6.45) is -1.88. The van der Waals surface area contributed by atoms with Gasteiger partial charge < -0.3 is 5.32 Å². The Morgan fingerprint density at radius 1 is 1.28 bits per heavy atom. The van der Waals surface area contributed by atoms with Crippen molar-refractivity contribution < 1.29 is 13.2 Å². The van der Waals surface area contributed by atoms with E-state index in [1.54, 1.807) is 6.20 Å². The van der Waals surface area contributed by atoms with Crippen molar-refractivity contribution in [2.75, 3.05) is 7.05 Å². The molecule has 18 heavy (non-hydrogen) atoms. The number of nitrogens with zero attached hydrogens (tertiary/aromatic N) is 2. The lowest BCUT2D eigenvalue weighted by Gasteiger charge is -2.10. The zero-order chi connectivity index (χ0) is 13.6. The van der Waals surface area contributed by atoms with Crippen LogP contribution in [0.25, 0.3) is 0 Å². The van der Waals surface area contributed by atoms with Crippen LogP contribution < -0.4 is 5.32 Å². The zero-order valence-corrected chi connectivity index (χ0v) is 10.6. The molecule has 1 aromatic heterocycles. The Bertz CT molecular complexity index is 377. The van der Waals surface area contributed by atoms with Crippen LogP contribution in [0.3, 0.4) is 0 Å². The summed E-state index contributed by atoms with van der Waals surface area (Å²) in [5, 5.41) is 3.00. The Hall–Kier alpha value is -1.17. The normalized spacial score (nSPS) is 11.8. The van der Waals surface area contributed by atoms with Gasteiger partial charge in [0.1, 0.15) is 5.82 Å².